The normalized spacial score (nSPS) is 9.81. The second-order valence-corrected chi connectivity index (χ2v) is 4.57. The standard InChI is InChI=1S/C13H7BrClN/c14-12-3-1-2-10(8-16)13(12)9-4-6-11(15)7-5-9/h1-7H. The molecule has 0 N–H and O–H groups in total. The highest BCUT2D eigenvalue weighted by Gasteiger charge is 2.08. The molecule has 2 aromatic carbocycles. The summed E-state index contributed by atoms with van der Waals surface area (Å²) in [5, 5.41) is 9.75. The lowest BCUT2D eigenvalue weighted by molar-refractivity contribution is 1.47. The zero-order chi connectivity index (χ0) is 11.5. The zero-order valence-electron chi connectivity index (χ0n) is 8.24. The molecule has 0 saturated carbocycles. The fourth-order valence-electron chi connectivity index (χ4n) is 1.53. The van der Waals surface area contributed by atoms with Crippen molar-refractivity contribution >= 4 is 27.5 Å². The van der Waals surface area contributed by atoms with Crippen molar-refractivity contribution in [3.8, 4) is 17.2 Å². The first-order valence-corrected chi connectivity index (χ1v) is 5.84. The maximum Gasteiger partial charge on any atom is 0.0998 e. The van der Waals surface area contributed by atoms with E-state index in [1.54, 1.807) is 6.07 Å². The van der Waals surface area contributed by atoms with Gasteiger partial charge in [0.15, 0.2) is 0 Å². The van der Waals surface area contributed by atoms with Gasteiger partial charge in [0.1, 0.15) is 0 Å². The van der Waals surface area contributed by atoms with Crippen molar-refractivity contribution in [1.82, 2.24) is 0 Å². The van der Waals surface area contributed by atoms with Crippen LogP contribution in [0.25, 0.3) is 11.1 Å². The van der Waals surface area contributed by atoms with E-state index in [-0.39, 0.29) is 0 Å². The molecule has 0 aliphatic rings. The lowest BCUT2D eigenvalue weighted by Crippen LogP contribution is -1.85. The average molecular weight is 293 g/mol. The summed E-state index contributed by atoms with van der Waals surface area (Å²) in [6, 6.07) is 15.2. The van der Waals surface area contributed by atoms with Gasteiger partial charge in [0.05, 0.1) is 11.6 Å². The number of rotatable bonds is 1. The molecule has 2 aromatic rings. The Morgan fingerprint density at radius 1 is 1.06 bits per heavy atom. The van der Waals surface area contributed by atoms with Crippen LogP contribution >= 0.6 is 27.5 Å². The fraction of sp³-hybridized carbons (Fsp3) is 0. The predicted molar refractivity (Wildman–Crippen MR) is 69.3 cm³/mol. The molecule has 0 fully saturated rings. The summed E-state index contributed by atoms with van der Waals surface area (Å²) in [7, 11) is 0. The van der Waals surface area contributed by atoms with E-state index in [2.05, 4.69) is 22.0 Å². The third-order valence-corrected chi connectivity index (χ3v) is 3.18. The van der Waals surface area contributed by atoms with Gasteiger partial charge in [-0.2, -0.15) is 5.26 Å². The predicted octanol–water partition coefficient (Wildman–Crippen LogP) is 4.64. The molecule has 0 atom stereocenters. The van der Waals surface area contributed by atoms with Crippen molar-refractivity contribution in [2.45, 2.75) is 0 Å². The topological polar surface area (TPSA) is 23.8 Å². The monoisotopic (exact) mass is 291 g/mol. The number of halogens is 2. The molecule has 0 spiro atoms. The Labute approximate surface area is 107 Å². The average Bonchev–Trinajstić information content (AvgIpc) is 2.30. The Kier molecular flexibility index (Phi) is 3.28. The van der Waals surface area contributed by atoms with Crippen LogP contribution in [-0.4, -0.2) is 0 Å². The van der Waals surface area contributed by atoms with Crippen LogP contribution in [0.5, 0.6) is 0 Å². The van der Waals surface area contributed by atoms with Crippen LogP contribution in [0, 0.1) is 11.3 Å². The number of benzene rings is 2. The molecule has 0 saturated heterocycles. The summed E-state index contributed by atoms with van der Waals surface area (Å²) in [5.41, 5.74) is 2.53. The first-order chi connectivity index (χ1) is 7.72. The van der Waals surface area contributed by atoms with Gasteiger partial charge < -0.3 is 0 Å². The van der Waals surface area contributed by atoms with Gasteiger partial charge in [0.25, 0.3) is 0 Å². The third-order valence-electron chi connectivity index (χ3n) is 2.27. The second-order valence-electron chi connectivity index (χ2n) is 3.28. The molecule has 0 amide bonds. The smallest absolute Gasteiger partial charge is 0.0998 e. The lowest BCUT2D eigenvalue weighted by Gasteiger charge is -2.06. The SMILES string of the molecule is N#Cc1cccc(Br)c1-c1ccc(Cl)cc1. The van der Waals surface area contributed by atoms with E-state index < -0.39 is 0 Å². The Balaban J connectivity index is 2.64. The molecular formula is C13H7BrClN. The Morgan fingerprint density at radius 3 is 2.38 bits per heavy atom. The van der Waals surface area contributed by atoms with E-state index in [4.69, 9.17) is 16.9 Å². The molecule has 0 aromatic heterocycles. The van der Waals surface area contributed by atoms with Crippen LogP contribution in [0.3, 0.4) is 0 Å². The highest BCUT2D eigenvalue weighted by atomic mass is 79.9. The minimum Gasteiger partial charge on any atom is -0.192 e. The number of hydrogen-bond acceptors (Lipinski definition) is 1. The first-order valence-electron chi connectivity index (χ1n) is 4.67. The van der Waals surface area contributed by atoms with Gasteiger partial charge in [-0.25, -0.2) is 0 Å². The van der Waals surface area contributed by atoms with Crippen LogP contribution in [0.15, 0.2) is 46.9 Å². The molecule has 0 heterocycles. The van der Waals surface area contributed by atoms with Gasteiger partial charge in [0.2, 0.25) is 0 Å². The van der Waals surface area contributed by atoms with Gasteiger partial charge in [0, 0.05) is 15.1 Å². The van der Waals surface area contributed by atoms with E-state index in [0.29, 0.717) is 10.6 Å². The van der Waals surface area contributed by atoms with Crippen molar-refractivity contribution in [2.75, 3.05) is 0 Å². The molecule has 16 heavy (non-hydrogen) atoms. The molecule has 0 unspecified atom stereocenters. The Morgan fingerprint density at radius 2 is 1.75 bits per heavy atom. The van der Waals surface area contributed by atoms with Crippen LogP contribution < -0.4 is 0 Å². The minimum atomic E-state index is 0.650. The van der Waals surface area contributed by atoms with Gasteiger partial charge in [-0.05, 0) is 29.8 Å². The van der Waals surface area contributed by atoms with Crippen molar-refractivity contribution in [2.24, 2.45) is 0 Å². The number of hydrogen-bond donors (Lipinski definition) is 0. The van der Waals surface area contributed by atoms with Gasteiger partial charge in [-0.3, -0.25) is 0 Å². The van der Waals surface area contributed by atoms with Crippen LogP contribution in [0.2, 0.25) is 5.02 Å². The van der Waals surface area contributed by atoms with E-state index in [9.17, 15) is 0 Å². The summed E-state index contributed by atoms with van der Waals surface area (Å²) in [6.45, 7) is 0. The summed E-state index contributed by atoms with van der Waals surface area (Å²) in [6.07, 6.45) is 0. The maximum atomic E-state index is 9.06. The summed E-state index contributed by atoms with van der Waals surface area (Å²) >= 11 is 9.29. The number of nitriles is 1. The summed E-state index contributed by atoms with van der Waals surface area (Å²) in [4.78, 5) is 0. The van der Waals surface area contributed by atoms with Crippen LogP contribution in [0.4, 0.5) is 0 Å². The minimum absolute atomic E-state index is 0.650. The van der Waals surface area contributed by atoms with E-state index >= 15 is 0 Å². The molecule has 0 radical (unpaired) electrons. The van der Waals surface area contributed by atoms with Crippen molar-refractivity contribution in [1.29, 1.82) is 5.26 Å². The van der Waals surface area contributed by atoms with Crippen LogP contribution in [-0.2, 0) is 0 Å². The first kappa shape index (κ1) is 11.2. The summed E-state index contributed by atoms with van der Waals surface area (Å²) < 4.78 is 0.911. The van der Waals surface area contributed by atoms with E-state index in [0.717, 1.165) is 15.6 Å². The quantitative estimate of drug-likeness (QED) is 0.751. The molecule has 0 aliphatic carbocycles. The second kappa shape index (κ2) is 4.69. The lowest BCUT2D eigenvalue weighted by atomic mass is 10.0. The molecule has 0 aliphatic heterocycles. The molecule has 1 nitrogen and oxygen atoms in total. The largest absolute Gasteiger partial charge is 0.192 e. The van der Waals surface area contributed by atoms with E-state index in [1.807, 2.05) is 36.4 Å². The van der Waals surface area contributed by atoms with Gasteiger partial charge >= 0.3 is 0 Å². The highest BCUT2D eigenvalue weighted by Crippen LogP contribution is 2.31. The van der Waals surface area contributed by atoms with Gasteiger partial charge in [-0.15, -0.1) is 0 Å². The Bertz CT molecular complexity index is 555. The molecule has 0 bridgehead atoms. The molecule has 78 valence electrons. The zero-order valence-corrected chi connectivity index (χ0v) is 10.6. The Hall–Kier alpha value is -1.30. The summed E-state index contributed by atoms with van der Waals surface area (Å²) in [5.74, 6) is 0. The van der Waals surface area contributed by atoms with Gasteiger partial charge in [-0.1, -0.05) is 45.7 Å². The maximum absolute atomic E-state index is 9.06. The van der Waals surface area contributed by atoms with Crippen molar-refractivity contribution in [3.05, 3.63) is 57.5 Å². The van der Waals surface area contributed by atoms with Crippen molar-refractivity contribution < 1.29 is 0 Å². The highest BCUT2D eigenvalue weighted by molar-refractivity contribution is 9.10. The third kappa shape index (κ3) is 2.11. The fourth-order valence-corrected chi connectivity index (χ4v) is 2.25. The number of nitrogens with zero attached hydrogens (tertiary/aromatic N) is 1. The molecular weight excluding hydrogens is 286 g/mol. The molecule has 3 heteroatoms. The van der Waals surface area contributed by atoms with Crippen LogP contribution in [0.1, 0.15) is 5.56 Å². The van der Waals surface area contributed by atoms with E-state index in [1.165, 1.54) is 0 Å². The van der Waals surface area contributed by atoms with Crippen molar-refractivity contribution in [3.63, 3.8) is 0 Å². The molecule has 2 rings (SSSR count).